The van der Waals surface area contributed by atoms with Crippen molar-refractivity contribution in [3.05, 3.63) is 39.8 Å². The van der Waals surface area contributed by atoms with E-state index in [4.69, 9.17) is 14.2 Å². The summed E-state index contributed by atoms with van der Waals surface area (Å²) < 4.78 is 19.7. The van der Waals surface area contributed by atoms with Gasteiger partial charge in [0.1, 0.15) is 5.65 Å². The van der Waals surface area contributed by atoms with Gasteiger partial charge in [-0.25, -0.2) is 0 Å². The fraction of sp³-hybridized carbons (Fsp3) is 0.519. The number of carbonyl (C=O) groups excluding carboxylic acids is 1. The van der Waals surface area contributed by atoms with Gasteiger partial charge in [-0.3, -0.25) is 9.59 Å². The fourth-order valence-electron chi connectivity index (χ4n) is 5.02. The first-order valence-corrected chi connectivity index (χ1v) is 12.4. The second-order valence-electron chi connectivity index (χ2n) is 9.67. The molecule has 0 bridgehead atoms. The molecule has 0 spiro atoms. The number of fused-ring (bicyclic) bond motifs is 1. The van der Waals surface area contributed by atoms with Gasteiger partial charge in [0.2, 0.25) is 11.7 Å². The van der Waals surface area contributed by atoms with Gasteiger partial charge in [0.05, 0.1) is 27.0 Å². The molecule has 1 amide bonds. The summed E-state index contributed by atoms with van der Waals surface area (Å²) in [5.74, 6) is 2.22. The lowest BCUT2D eigenvalue weighted by Gasteiger charge is -2.26. The van der Waals surface area contributed by atoms with Crippen LogP contribution in [0.25, 0.3) is 16.9 Å². The van der Waals surface area contributed by atoms with Crippen LogP contribution >= 0.6 is 0 Å². The zero-order valence-corrected chi connectivity index (χ0v) is 22.0. The highest BCUT2D eigenvalue weighted by molar-refractivity contribution is 5.76. The van der Waals surface area contributed by atoms with Crippen molar-refractivity contribution in [3.8, 4) is 28.5 Å². The summed E-state index contributed by atoms with van der Waals surface area (Å²) in [6.45, 7) is 4.17. The third-order valence-corrected chi connectivity index (χ3v) is 7.37. The van der Waals surface area contributed by atoms with E-state index in [9.17, 15) is 9.59 Å². The molecule has 3 aromatic rings. The lowest BCUT2D eigenvalue weighted by molar-refractivity contribution is -0.122. The number of aromatic nitrogens is 3. The lowest BCUT2D eigenvalue weighted by atomic mass is 9.87. The molecule has 9 nitrogen and oxygen atoms in total. The number of aryl methyl sites for hydroxylation is 1. The summed E-state index contributed by atoms with van der Waals surface area (Å²) in [5.41, 5.74) is 3.19. The number of nitrogens with one attached hydrogen (secondary N) is 1. The molecule has 0 atom stereocenters. The molecular weight excluding hydrogens is 460 g/mol. The van der Waals surface area contributed by atoms with Crippen LogP contribution < -0.4 is 25.1 Å². The Bertz CT molecular complexity index is 1290. The Balaban J connectivity index is 1.62. The van der Waals surface area contributed by atoms with Crippen molar-refractivity contribution >= 4 is 11.6 Å². The number of hydrogen-bond donors (Lipinski definition) is 1. The van der Waals surface area contributed by atoms with Crippen LogP contribution in [-0.2, 0) is 18.3 Å². The van der Waals surface area contributed by atoms with Gasteiger partial charge in [-0.1, -0.05) is 6.92 Å². The highest BCUT2D eigenvalue weighted by atomic mass is 16.5. The molecule has 9 heteroatoms. The van der Waals surface area contributed by atoms with Crippen molar-refractivity contribution in [2.45, 2.75) is 58.4 Å². The van der Waals surface area contributed by atoms with Crippen LogP contribution in [0.1, 0.15) is 50.3 Å². The molecule has 1 aliphatic carbocycles. The number of rotatable bonds is 8. The summed E-state index contributed by atoms with van der Waals surface area (Å²) in [6.07, 6.45) is 4.98. The molecule has 2 aromatic heterocycles. The Morgan fingerprint density at radius 2 is 1.69 bits per heavy atom. The van der Waals surface area contributed by atoms with Crippen LogP contribution in [0.5, 0.6) is 17.2 Å². The second-order valence-corrected chi connectivity index (χ2v) is 9.67. The molecule has 36 heavy (non-hydrogen) atoms. The molecule has 1 aromatic carbocycles. The highest BCUT2D eigenvalue weighted by Crippen LogP contribution is 2.41. The quantitative estimate of drug-likeness (QED) is 0.511. The predicted molar refractivity (Wildman–Crippen MR) is 138 cm³/mol. The minimum Gasteiger partial charge on any atom is -0.493 e. The van der Waals surface area contributed by atoms with E-state index in [-0.39, 0.29) is 23.9 Å². The SMILES string of the molecule is COc1cc(-c2cc3n(C)c(C)c(CCC(=O)NC4CCC(C)CC4)c(=O)n3n2)cc(OC)c1OC. The van der Waals surface area contributed by atoms with Crippen molar-refractivity contribution < 1.29 is 19.0 Å². The second kappa shape index (κ2) is 10.6. The summed E-state index contributed by atoms with van der Waals surface area (Å²) in [6, 6.07) is 5.71. The summed E-state index contributed by atoms with van der Waals surface area (Å²) in [7, 11) is 6.56. The number of ether oxygens (including phenoxy) is 3. The summed E-state index contributed by atoms with van der Waals surface area (Å²) in [4.78, 5) is 26.0. The molecule has 1 aliphatic rings. The molecule has 0 unspecified atom stereocenters. The van der Waals surface area contributed by atoms with Gasteiger partial charge >= 0.3 is 0 Å². The van der Waals surface area contributed by atoms with Crippen molar-refractivity contribution in [2.75, 3.05) is 21.3 Å². The van der Waals surface area contributed by atoms with E-state index >= 15 is 0 Å². The number of methoxy groups -OCH3 is 3. The van der Waals surface area contributed by atoms with Crippen molar-refractivity contribution in [2.24, 2.45) is 13.0 Å². The number of hydrogen-bond acceptors (Lipinski definition) is 6. The number of amides is 1. The van der Waals surface area contributed by atoms with E-state index in [2.05, 4.69) is 17.3 Å². The molecule has 1 fully saturated rings. The van der Waals surface area contributed by atoms with E-state index in [0.29, 0.717) is 40.6 Å². The van der Waals surface area contributed by atoms with E-state index in [0.717, 1.165) is 42.9 Å². The first-order chi connectivity index (χ1) is 17.3. The van der Waals surface area contributed by atoms with Gasteiger partial charge in [-0.2, -0.15) is 9.61 Å². The van der Waals surface area contributed by atoms with Crippen LogP contribution in [0, 0.1) is 12.8 Å². The normalized spacial score (nSPS) is 17.7. The Hall–Kier alpha value is -3.49. The molecule has 2 heterocycles. The van der Waals surface area contributed by atoms with Gasteiger partial charge < -0.3 is 24.1 Å². The average Bonchev–Trinajstić information content (AvgIpc) is 3.34. The van der Waals surface area contributed by atoms with Crippen molar-refractivity contribution in [1.29, 1.82) is 0 Å². The third-order valence-electron chi connectivity index (χ3n) is 7.37. The van der Waals surface area contributed by atoms with E-state index in [1.807, 2.05) is 24.6 Å². The van der Waals surface area contributed by atoms with Crippen molar-refractivity contribution in [3.63, 3.8) is 0 Å². The topological polar surface area (TPSA) is 96.1 Å². The molecule has 1 saturated carbocycles. The minimum atomic E-state index is -0.210. The molecule has 4 rings (SSSR count). The molecule has 0 aliphatic heterocycles. The standard InChI is InChI=1S/C27H36N4O5/c1-16-7-9-19(10-8-16)28-24(32)12-11-20-17(2)30(3)25-15-21(29-31(25)27(20)33)18-13-22(34-4)26(36-6)23(14-18)35-5/h13-16,19H,7-12H2,1-6H3,(H,28,32). The number of nitrogens with zero attached hydrogens (tertiary/aromatic N) is 3. The van der Waals surface area contributed by atoms with E-state index in [1.165, 1.54) is 4.52 Å². The number of benzene rings is 1. The van der Waals surface area contributed by atoms with Crippen LogP contribution in [0.15, 0.2) is 23.0 Å². The first kappa shape index (κ1) is 25.6. The summed E-state index contributed by atoms with van der Waals surface area (Å²) in [5, 5.41) is 7.76. The van der Waals surface area contributed by atoms with Crippen LogP contribution in [0.3, 0.4) is 0 Å². The van der Waals surface area contributed by atoms with E-state index < -0.39 is 0 Å². The van der Waals surface area contributed by atoms with Gasteiger partial charge in [-0.15, -0.1) is 0 Å². The minimum absolute atomic E-state index is 0.00493. The average molecular weight is 497 g/mol. The van der Waals surface area contributed by atoms with Gasteiger partial charge in [-0.05, 0) is 57.1 Å². The molecule has 0 radical (unpaired) electrons. The van der Waals surface area contributed by atoms with Crippen LogP contribution in [0.4, 0.5) is 0 Å². The van der Waals surface area contributed by atoms with Crippen LogP contribution in [0.2, 0.25) is 0 Å². The predicted octanol–water partition coefficient (Wildman–Crippen LogP) is 3.66. The maximum absolute atomic E-state index is 13.4. The Morgan fingerprint density at radius 1 is 1.06 bits per heavy atom. The fourth-order valence-corrected chi connectivity index (χ4v) is 5.02. The highest BCUT2D eigenvalue weighted by Gasteiger charge is 2.22. The smallest absolute Gasteiger partial charge is 0.277 e. The number of carbonyl (C=O) groups is 1. The van der Waals surface area contributed by atoms with Gasteiger partial charge in [0.25, 0.3) is 5.56 Å². The monoisotopic (exact) mass is 496 g/mol. The van der Waals surface area contributed by atoms with Crippen molar-refractivity contribution in [1.82, 2.24) is 19.5 Å². The van der Waals surface area contributed by atoms with Crippen LogP contribution in [-0.4, -0.2) is 47.5 Å². The zero-order chi connectivity index (χ0) is 26.0. The first-order valence-electron chi connectivity index (χ1n) is 12.4. The molecular formula is C27H36N4O5. The molecule has 194 valence electrons. The maximum atomic E-state index is 13.4. The van der Waals surface area contributed by atoms with Gasteiger partial charge in [0.15, 0.2) is 11.5 Å². The largest absolute Gasteiger partial charge is 0.493 e. The maximum Gasteiger partial charge on any atom is 0.277 e. The molecule has 1 N–H and O–H groups in total. The Kier molecular flexibility index (Phi) is 7.56. The van der Waals surface area contributed by atoms with E-state index in [1.54, 1.807) is 33.5 Å². The molecule has 0 saturated heterocycles. The third kappa shape index (κ3) is 4.92. The Labute approximate surface area is 211 Å². The summed E-state index contributed by atoms with van der Waals surface area (Å²) >= 11 is 0. The zero-order valence-electron chi connectivity index (χ0n) is 22.0. The lowest BCUT2D eigenvalue weighted by Crippen LogP contribution is -2.37. The van der Waals surface area contributed by atoms with Gasteiger partial charge in [0, 0.05) is 42.4 Å². The Morgan fingerprint density at radius 3 is 2.28 bits per heavy atom.